The van der Waals surface area contributed by atoms with Crippen LogP contribution in [-0.4, -0.2) is 53.9 Å². The van der Waals surface area contributed by atoms with Gasteiger partial charge in [0.2, 0.25) is 0 Å². The smallest absolute Gasteiger partial charge is 0.261 e. The van der Waals surface area contributed by atoms with Gasteiger partial charge in [0, 0.05) is 19.1 Å². The van der Waals surface area contributed by atoms with Gasteiger partial charge in [0.05, 0.1) is 25.3 Å². The molecule has 0 N–H and O–H groups in total. The van der Waals surface area contributed by atoms with Crippen molar-refractivity contribution in [1.82, 2.24) is 15.0 Å². The number of rotatable bonds is 7. The van der Waals surface area contributed by atoms with Crippen molar-refractivity contribution in [3.05, 3.63) is 65.7 Å². The summed E-state index contributed by atoms with van der Waals surface area (Å²) in [5.74, 6) is 0.906. The topological polar surface area (TPSA) is 77.7 Å². The van der Waals surface area contributed by atoms with Crippen LogP contribution in [0.2, 0.25) is 0 Å². The molecule has 0 aliphatic carbocycles. The average Bonchev–Trinajstić information content (AvgIpc) is 3.17. The van der Waals surface area contributed by atoms with Gasteiger partial charge in [0.25, 0.3) is 11.8 Å². The lowest BCUT2D eigenvalue weighted by Gasteiger charge is -2.39. The van der Waals surface area contributed by atoms with Crippen molar-refractivity contribution in [1.29, 1.82) is 0 Å². The molecule has 0 radical (unpaired) electrons. The first-order valence-electron chi connectivity index (χ1n) is 9.26. The molecule has 0 atom stereocenters. The van der Waals surface area contributed by atoms with E-state index >= 15 is 0 Å². The second-order valence-corrected chi connectivity index (χ2v) is 6.72. The lowest BCUT2D eigenvalue weighted by atomic mass is 10.1. The third-order valence-electron chi connectivity index (χ3n) is 4.62. The molecule has 1 aliphatic heterocycles. The fourth-order valence-corrected chi connectivity index (χ4v) is 3.07. The lowest BCUT2D eigenvalue weighted by molar-refractivity contribution is 0.0179. The SMILES string of the molecule is COCCc1noc(-c2ccccc2OC2CN(C(=O)c3cccc(F)c3)C2)n1. The number of benzene rings is 2. The summed E-state index contributed by atoms with van der Waals surface area (Å²) in [6.45, 7) is 1.35. The van der Waals surface area contributed by atoms with Crippen LogP contribution < -0.4 is 4.74 Å². The van der Waals surface area contributed by atoms with Crippen molar-refractivity contribution in [2.24, 2.45) is 0 Å². The molecule has 1 amide bonds. The number of amides is 1. The fourth-order valence-electron chi connectivity index (χ4n) is 3.07. The Morgan fingerprint density at radius 1 is 1.24 bits per heavy atom. The number of methoxy groups -OCH3 is 1. The Morgan fingerprint density at radius 2 is 2.07 bits per heavy atom. The minimum atomic E-state index is -0.428. The largest absolute Gasteiger partial charge is 0.486 e. The van der Waals surface area contributed by atoms with Gasteiger partial charge in [-0.1, -0.05) is 23.4 Å². The van der Waals surface area contributed by atoms with Crippen LogP contribution in [0.5, 0.6) is 5.75 Å². The molecule has 0 saturated carbocycles. The summed E-state index contributed by atoms with van der Waals surface area (Å²) in [5, 5.41) is 3.96. The molecule has 1 aliphatic rings. The molecule has 1 fully saturated rings. The monoisotopic (exact) mass is 397 g/mol. The Labute approximate surface area is 167 Å². The maximum atomic E-state index is 13.3. The minimum absolute atomic E-state index is 0.162. The number of para-hydroxylation sites is 1. The first-order chi connectivity index (χ1) is 14.1. The number of hydrogen-bond acceptors (Lipinski definition) is 6. The number of carbonyl (C=O) groups excluding carboxylic acids is 1. The van der Waals surface area contributed by atoms with Crippen LogP contribution >= 0.6 is 0 Å². The van der Waals surface area contributed by atoms with E-state index in [0.717, 1.165) is 0 Å². The summed E-state index contributed by atoms with van der Waals surface area (Å²) in [7, 11) is 1.62. The van der Waals surface area contributed by atoms with Gasteiger partial charge in [0.15, 0.2) is 5.82 Å². The summed E-state index contributed by atoms with van der Waals surface area (Å²) < 4.78 is 29.8. The van der Waals surface area contributed by atoms with Gasteiger partial charge in [-0.25, -0.2) is 4.39 Å². The Kier molecular flexibility index (Phi) is 5.53. The summed E-state index contributed by atoms with van der Waals surface area (Å²) in [6, 6.07) is 13.1. The Bertz CT molecular complexity index is 1000. The van der Waals surface area contributed by atoms with Crippen LogP contribution in [0.15, 0.2) is 53.1 Å². The molecule has 0 bridgehead atoms. The lowest BCUT2D eigenvalue weighted by Crippen LogP contribution is -2.56. The van der Waals surface area contributed by atoms with Gasteiger partial charge in [-0.15, -0.1) is 0 Å². The molecule has 2 aromatic carbocycles. The van der Waals surface area contributed by atoms with E-state index in [1.165, 1.54) is 18.2 Å². The van der Waals surface area contributed by atoms with Crippen LogP contribution in [0.25, 0.3) is 11.5 Å². The van der Waals surface area contributed by atoms with Crippen LogP contribution in [0, 0.1) is 5.82 Å². The van der Waals surface area contributed by atoms with Crippen molar-refractivity contribution < 1.29 is 23.2 Å². The zero-order chi connectivity index (χ0) is 20.2. The van der Waals surface area contributed by atoms with Crippen molar-refractivity contribution >= 4 is 5.91 Å². The van der Waals surface area contributed by atoms with E-state index in [-0.39, 0.29) is 12.0 Å². The zero-order valence-electron chi connectivity index (χ0n) is 15.9. The number of nitrogens with zero attached hydrogens (tertiary/aromatic N) is 3. The zero-order valence-corrected chi connectivity index (χ0v) is 15.9. The minimum Gasteiger partial charge on any atom is -0.486 e. The molecule has 0 spiro atoms. The van der Waals surface area contributed by atoms with Gasteiger partial charge >= 0.3 is 0 Å². The quantitative estimate of drug-likeness (QED) is 0.610. The number of halogens is 1. The molecule has 29 heavy (non-hydrogen) atoms. The van der Waals surface area contributed by atoms with E-state index in [2.05, 4.69) is 10.1 Å². The maximum absolute atomic E-state index is 13.3. The van der Waals surface area contributed by atoms with Crippen molar-refractivity contribution in [3.63, 3.8) is 0 Å². The maximum Gasteiger partial charge on any atom is 0.261 e. The van der Waals surface area contributed by atoms with E-state index < -0.39 is 5.82 Å². The molecule has 1 saturated heterocycles. The van der Waals surface area contributed by atoms with Crippen LogP contribution in [0.3, 0.4) is 0 Å². The van der Waals surface area contributed by atoms with E-state index in [1.54, 1.807) is 18.1 Å². The second-order valence-electron chi connectivity index (χ2n) is 6.72. The molecule has 4 rings (SSSR count). The predicted molar refractivity (Wildman–Crippen MR) is 102 cm³/mol. The molecular formula is C21H20FN3O4. The Balaban J connectivity index is 1.40. The fraction of sp³-hybridized carbons (Fsp3) is 0.286. The van der Waals surface area contributed by atoms with Crippen LogP contribution in [-0.2, 0) is 11.2 Å². The second kappa shape index (κ2) is 8.40. The Morgan fingerprint density at radius 3 is 2.86 bits per heavy atom. The average molecular weight is 397 g/mol. The molecule has 1 aromatic heterocycles. The summed E-state index contributed by atoms with van der Waals surface area (Å²) in [5.41, 5.74) is 1.02. The normalized spacial score (nSPS) is 13.9. The van der Waals surface area contributed by atoms with E-state index in [4.69, 9.17) is 14.0 Å². The Hall–Kier alpha value is -3.26. The highest BCUT2D eigenvalue weighted by molar-refractivity contribution is 5.94. The van der Waals surface area contributed by atoms with E-state index in [1.807, 2.05) is 24.3 Å². The van der Waals surface area contributed by atoms with Crippen molar-refractivity contribution in [3.8, 4) is 17.2 Å². The standard InChI is InChI=1S/C21H20FN3O4/c1-27-10-9-19-23-20(29-24-19)17-7-2-3-8-18(17)28-16-12-25(13-16)21(26)14-5-4-6-15(22)11-14/h2-8,11,16H,9-10,12-13H2,1H3. The number of ether oxygens (including phenoxy) is 2. The first-order valence-corrected chi connectivity index (χ1v) is 9.26. The number of aromatic nitrogens is 2. The number of hydrogen-bond donors (Lipinski definition) is 0. The van der Waals surface area contributed by atoms with E-state index in [0.29, 0.717) is 54.7 Å². The molecule has 3 aromatic rings. The highest BCUT2D eigenvalue weighted by Crippen LogP contribution is 2.31. The predicted octanol–water partition coefficient (Wildman–Crippen LogP) is 2.97. The number of carbonyl (C=O) groups is 1. The molecule has 0 unspecified atom stereocenters. The molecular weight excluding hydrogens is 377 g/mol. The molecule has 150 valence electrons. The summed E-state index contributed by atoms with van der Waals surface area (Å²) in [4.78, 5) is 18.4. The highest BCUT2D eigenvalue weighted by atomic mass is 19.1. The van der Waals surface area contributed by atoms with Gasteiger partial charge in [-0.3, -0.25) is 4.79 Å². The van der Waals surface area contributed by atoms with Crippen LogP contribution in [0.1, 0.15) is 16.2 Å². The molecule has 2 heterocycles. The van der Waals surface area contributed by atoms with Crippen molar-refractivity contribution in [2.75, 3.05) is 26.8 Å². The summed E-state index contributed by atoms with van der Waals surface area (Å²) in [6.07, 6.45) is 0.396. The molecule has 7 nitrogen and oxygen atoms in total. The van der Waals surface area contributed by atoms with E-state index in [9.17, 15) is 9.18 Å². The van der Waals surface area contributed by atoms with Gasteiger partial charge in [0.1, 0.15) is 17.7 Å². The first kappa shape index (κ1) is 19.1. The third kappa shape index (κ3) is 4.27. The number of likely N-dealkylation sites (tertiary alicyclic amines) is 1. The van der Waals surface area contributed by atoms with Crippen LogP contribution in [0.4, 0.5) is 4.39 Å². The van der Waals surface area contributed by atoms with Gasteiger partial charge < -0.3 is 18.9 Å². The summed E-state index contributed by atoms with van der Waals surface area (Å²) >= 11 is 0. The third-order valence-corrected chi connectivity index (χ3v) is 4.62. The molecule has 8 heteroatoms. The highest BCUT2D eigenvalue weighted by Gasteiger charge is 2.33. The van der Waals surface area contributed by atoms with Gasteiger partial charge in [-0.05, 0) is 30.3 Å². The van der Waals surface area contributed by atoms with Gasteiger partial charge in [-0.2, -0.15) is 4.98 Å². The van der Waals surface area contributed by atoms with Crippen molar-refractivity contribution in [2.45, 2.75) is 12.5 Å².